The van der Waals surface area contributed by atoms with Gasteiger partial charge in [-0.15, -0.1) is 0 Å². The maximum Gasteiger partial charge on any atom is 0.233 e. The zero-order valence-electron chi connectivity index (χ0n) is 16.8. The molecule has 0 bridgehead atoms. The first-order valence-corrected chi connectivity index (χ1v) is 10.6. The lowest BCUT2D eigenvalue weighted by molar-refractivity contribution is -0.118. The molecule has 4 nitrogen and oxygen atoms in total. The lowest BCUT2D eigenvalue weighted by atomic mass is 10.0. The van der Waals surface area contributed by atoms with Crippen molar-refractivity contribution in [2.45, 2.75) is 26.7 Å². The summed E-state index contributed by atoms with van der Waals surface area (Å²) in [5.41, 5.74) is 4.36. The minimum atomic E-state index is 0.0761. The lowest BCUT2D eigenvalue weighted by Crippen LogP contribution is -2.34. The van der Waals surface area contributed by atoms with Gasteiger partial charge in [0.25, 0.3) is 0 Å². The third-order valence-corrected chi connectivity index (χ3v) is 6.06. The van der Waals surface area contributed by atoms with E-state index in [4.69, 9.17) is 16.6 Å². The fourth-order valence-corrected chi connectivity index (χ4v) is 4.34. The number of anilines is 1. The number of hydrogen-bond acceptors (Lipinski definition) is 4. The molecule has 0 saturated carbocycles. The monoisotopic (exact) mass is 415 g/mol. The van der Waals surface area contributed by atoms with Crippen LogP contribution in [0.2, 0.25) is 5.02 Å². The van der Waals surface area contributed by atoms with Gasteiger partial charge in [-0.25, -0.2) is 4.98 Å². The summed E-state index contributed by atoms with van der Waals surface area (Å²) in [6.07, 6.45) is 1.27. The molecule has 0 saturated heterocycles. The van der Waals surface area contributed by atoms with Crippen LogP contribution in [0.3, 0.4) is 0 Å². The molecular formula is C22H26ClN3OS. The van der Waals surface area contributed by atoms with Crippen LogP contribution in [0.25, 0.3) is 10.2 Å². The van der Waals surface area contributed by atoms with Crippen LogP contribution in [0.5, 0.6) is 0 Å². The molecule has 2 aromatic carbocycles. The molecule has 0 spiro atoms. The molecule has 0 N–H and O–H groups in total. The molecule has 0 radical (unpaired) electrons. The van der Waals surface area contributed by atoms with Crippen LogP contribution in [0.1, 0.15) is 23.1 Å². The largest absolute Gasteiger partial charge is 0.309 e. The number of rotatable bonds is 7. The second-order valence-electron chi connectivity index (χ2n) is 7.41. The van der Waals surface area contributed by atoms with Gasteiger partial charge in [0.15, 0.2) is 5.13 Å². The van der Waals surface area contributed by atoms with E-state index in [2.05, 4.69) is 30.9 Å². The molecule has 1 aromatic heterocycles. The average Bonchev–Trinajstić information content (AvgIpc) is 3.04. The molecule has 1 heterocycles. The first-order valence-electron chi connectivity index (χ1n) is 9.41. The highest BCUT2D eigenvalue weighted by atomic mass is 35.5. The van der Waals surface area contributed by atoms with Crippen LogP contribution < -0.4 is 4.90 Å². The predicted molar refractivity (Wildman–Crippen MR) is 120 cm³/mol. The van der Waals surface area contributed by atoms with E-state index in [1.165, 1.54) is 22.5 Å². The Morgan fingerprint density at radius 1 is 1.07 bits per heavy atom. The highest BCUT2D eigenvalue weighted by Gasteiger charge is 2.20. The van der Waals surface area contributed by atoms with E-state index in [1.807, 2.05) is 43.3 Å². The fraction of sp³-hybridized carbons (Fsp3) is 0.364. The second-order valence-corrected chi connectivity index (χ2v) is 8.85. The van der Waals surface area contributed by atoms with Crippen molar-refractivity contribution >= 4 is 44.2 Å². The summed E-state index contributed by atoms with van der Waals surface area (Å²) in [5.74, 6) is 0.0761. The number of halogens is 1. The first kappa shape index (κ1) is 20.8. The summed E-state index contributed by atoms with van der Waals surface area (Å²) in [5, 5.41) is 1.42. The quantitative estimate of drug-likeness (QED) is 0.539. The van der Waals surface area contributed by atoms with Crippen LogP contribution in [-0.4, -0.2) is 43.0 Å². The van der Waals surface area contributed by atoms with Crippen molar-refractivity contribution < 1.29 is 4.79 Å². The molecule has 6 heteroatoms. The Morgan fingerprint density at radius 2 is 1.86 bits per heavy atom. The van der Waals surface area contributed by atoms with Crippen LogP contribution in [0.15, 0.2) is 36.4 Å². The van der Waals surface area contributed by atoms with Crippen molar-refractivity contribution in [3.05, 3.63) is 58.1 Å². The molecule has 1 amide bonds. The van der Waals surface area contributed by atoms with E-state index in [0.717, 1.165) is 33.9 Å². The topological polar surface area (TPSA) is 36.4 Å². The average molecular weight is 416 g/mol. The van der Waals surface area contributed by atoms with Crippen molar-refractivity contribution in [1.82, 2.24) is 9.88 Å². The van der Waals surface area contributed by atoms with E-state index >= 15 is 0 Å². The SMILES string of the molecule is Cc1ccc(CC(=O)N(CCCN(C)C)c2nc3ccc(Cl)cc3s2)cc1C. The summed E-state index contributed by atoms with van der Waals surface area (Å²) in [6.45, 7) is 5.73. The number of nitrogens with zero attached hydrogens (tertiary/aromatic N) is 3. The highest BCUT2D eigenvalue weighted by molar-refractivity contribution is 7.22. The lowest BCUT2D eigenvalue weighted by Gasteiger charge is -2.21. The van der Waals surface area contributed by atoms with Gasteiger partial charge >= 0.3 is 0 Å². The van der Waals surface area contributed by atoms with Crippen LogP contribution in [0, 0.1) is 13.8 Å². The van der Waals surface area contributed by atoms with Gasteiger partial charge < -0.3 is 4.90 Å². The van der Waals surface area contributed by atoms with E-state index in [-0.39, 0.29) is 5.91 Å². The summed E-state index contributed by atoms with van der Waals surface area (Å²) in [4.78, 5) is 21.8. The van der Waals surface area contributed by atoms with Gasteiger partial charge in [0.2, 0.25) is 5.91 Å². The maximum absolute atomic E-state index is 13.2. The van der Waals surface area contributed by atoms with Crippen molar-refractivity contribution in [3.8, 4) is 0 Å². The number of aryl methyl sites for hydroxylation is 2. The maximum atomic E-state index is 13.2. The smallest absolute Gasteiger partial charge is 0.233 e. The fourth-order valence-electron chi connectivity index (χ4n) is 3.06. The highest BCUT2D eigenvalue weighted by Crippen LogP contribution is 2.31. The summed E-state index contributed by atoms with van der Waals surface area (Å²) >= 11 is 7.63. The van der Waals surface area contributed by atoms with Gasteiger partial charge in [-0.1, -0.05) is 41.1 Å². The third-order valence-electron chi connectivity index (χ3n) is 4.78. The number of hydrogen-bond donors (Lipinski definition) is 0. The summed E-state index contributed by atoms with van der Waals surface area (Å²) in [6, 6.07) is 11.9. The van der Waals surface area contributed by atoms with Crippen LogP contribution >= 0.6 is 22.9 Å². The molecule has 0 aliphatic heterocycles. The van der Waals surface area contributed by atoms with E-state index < -0.39 is 0 Å². The Morgan fingerprint density at radius 3 is 2.57 bits per heavy atom. The van der Waals surface area contributed by atoms with Crippen molar-refractivity contribution in [3.63, 3.8) is 0 Å². The van der Waals surface area contributed by atoms with Gasteiger partial charge in [-0.05, 0) is 75.8 Å². The molecule has 148 valence electrons. The molecular weight excluding hydrogens is 390 g/mol. The number of aromatic nitrogens is 1. The minimum absolute atomic E-state index is 0.0761. The Balaban J connectivity index is 1.85. The van der Waals surface area contributed by atoms with Crippen LogP contribution in [0.4, 0.5) is 5.13 Å². The Labute approximate surface area is 175 Å². The summed E-state index contributed by atoms with van der Waals surface area (Å²) in [7, 11) is 4.09. The van der Waals surface area contributed by atoms with E-state index in [9.17, 15) is 4.79 Å². The van der Waals surface area contributed by atoms with Gasteiger partial charge in [-0.3, -0.25) is 9.69 Å². The zero-order chi connectivity index (χ0) is 20.3. The minimum Gasteiger partial charge on any atom is -0.309 e. The van der Waals surface area contributed by atoms with Crippen molar-refractivity contribution in [2.24, 2.45) is 0 Å². The van der Waals surface area contributed by atoms with Crippen molar-refractivity contribution in [1.29, 1.82) is 0 Å². The molecule has 3 aromatic rings. The molecule has 0 fully saturated rings. The Bertz CT molecular complexity index is 983. The normalized spacial score (nSPS) is 11.4. The second kappa shape index (κ2) is 9.03. The molecule has 0 atom stereocenters. The number of carbonyl (C=O) groups excluding carboxylic acids is 1. The number of thiazole rings is 1. The Hall–Kier alpha value is -1.95. The Kier molecular flexibility index (Phi) is 6.70. The number of benzene rings is 2. The van der Waals surface area contributed by atoms with Gasteiger partial charge in [0.1, 0.15) is 0 Å². The predicted octanol–water partition coefficient (Wildman–Crippen LogP) is 5.09. The van der Waals surface area contributed by atoms with Crippen LogP contribution in [-0.2, 0) is 11.2 Å². The van der Waals surface area contributed by atoms with Gasteiger partial charge in [0.05, 0.1) is 16.6 Å². The van der Waals surface area contributed by atoms with Crippen molar-refractivity contribution in [2.75, 3.05) is 32.1 Å². The molecule has 3 rings (SSSR count). The summed E-state index contributed by atoms with van der Waals surface area (Å²) < 4.78 is 0.999. The molecule has 0 unspecified atom stereocenters. The first-order chi connectivity index (χ1) is 13.3. The van der Waals surface area contributed by atoms with Gasteiger partial charge in [0, 0.05) is 11.6 Å². The van der Waals surface area contributed by atoms with E-state index in [1.54, 1.807) is 0 Å². The van der Waals surface area contributed by atoms with Gasteiger partial charge in [-0.2, -0.15) is 0 Å². The van der Waals surface area contributed by atoms with E-state index in [0.29, 0.717) is 18.0 Å². The molecule has 0 aliphatic carbocycles. The standard InChI is InChI=1S/C22H26ClN3OS/c1-15-6-7-17(12-16(15)2)13-21(27)26(11-5-10-25(3)4)22-24-19-9-8-18(23)14-20(19)28-22/h6-9,12,14H,5,10-11,13H2,1-4H3. The number of carbonyl (C=O) groups is 1. The zero-order valence-corrected chi connectivity index (χ0v) is 18.4. The third kappa shape index (κ3) is 5.10. The number of amides is 1. The molecule has 28 heavy (non-hydrogen) atoms. The molecule has 0 aliphatic rings. The number of fused-ring (bicyclic) bond motifs is 1.